The van der Waals surface area contributed by atoms with Gasteiger partial charge in [0.2, 0.25) is 0 Å². The first kappa shape index (κ1) is 14.3. The zero-order valence-electron chi connectivity index (χ0n) is 11.2. The molecule has 2 aromatic rings. The average Bonchev–Trinajstić information content (AvgIpc) is 2.53. The van der Waals surface area contributed by atoms with Crippen LogP contribution in [0.25, 0.3) is 0 Å². The standard InChI is InChI=1S/C17H18O3/c18-13-16(12-11-14-7-3-1-4-8-14)20-17(19)15-9-5-2-6-10-15/h1-10,16,18H,11-13H2/t16-/m0/s1. The molecular weight excluding hydrogens is 252 g/mol. The minimum absolute atomic E-state index is 0.161. The molecule has 20 heavy (non-hydrogen) atoms. The molecule has 1 N–H and O–H groups in total. The van der Waals surface area contributed by atoms with Crippen LogP contribution < -0.4 is 0 Å². The summed E-state index contributed by atoms with van der Waals surface area (Å²) in [6, 6.07) is 18.8. The monoisotopic (exact) mass is 270 g/mol. The van der Waals surface area contributed by atoms with Gasteiger partial charge >= 0.3 is 5.97 Å². The maximum Gasteiger partial charge on any atom is 0.338 e. The van der Waals surface area contributed by atoms with Crippen LogP contribution in [0.4, 0.5) is 0 Å². The zero-order valence-corrected chi connectivity index (χ0v) is 11.2. The lowest BCUT2D eigenvalue weighted by Crippen LogP contribution is -2.22. The third-order valence-electron chi connectivity index (χ3n) is 3.08. The van der Waals surface area contributed by atoms with Gasteiger partial charge in [-0.05, 0) is 30.5 Å². The van der Waals surface area contributed by atoms with Gasteiger partial charge in [0.05, 0.1) is 12.2 Å². The lowest BCUT2D eigenvalue weighted by atomic mass is 10.1. The van der Waals surface area contributed by atoms with E-state index in [0.29, 0.717) is 12.0 Å². The Morgan fingerprint density at radius 1 is 1.00 bits per heavy atom. The van der Waals surface area contributed by atoms with E-state index in [2.05, 4.69) is 0 Å². The van der Waals surface area contributed by atoms with Crippen LogP contribution >= 0.6 is 0 Å². The van der Waals surface area contributed by atoms with E-state index in [0.717, 1.165) is 6.42 Å². The molecule has 0 fully saturated rings. The predicted molar refractivity (Wildman–Crippen MR) is 77.5 cm³/mol. The van der Waals surface area contributed by atoms with E-state index >= 15 is 0 Å². The first-order valence-electron chi connectivity index (χ1n) is 6.70. The zero-order chi connectivity index (χ0) is 14.2. The highest BCUT2D eigenvalue weighted by Crippen LogP contribution is 2.10. The number of aryl methyl sites for hydroxylation is 1. The van der Waals surface area contributed by atoms with Gasteiger partial charge in [0, 0.05) is 0 Å². The molecular formula is C17H18O3. The third-order valence-corrected chi connectivity index (χ3v) is 3.08. The Morgan fingerprint density at radius 2 is 1.60 bits per heavy atom. The number of carbonyl (C=O) groups excluding carboxylic acids is 1. The van der Waals surface area contributed by atoms with Gasteiger partial charge in [-0.3, -0.25) is 0 Å². The SMILES string of the molecule is O=C(O[C@H](CO)CCc1ccccc1)c1ccccc1. The Morgan fingerprint density at radius 3 is 2.20 bits per heavy atom. The van der Waals surface area contributed by atoms with Crippen molar-refractivity contribution in [2.45, 2.75) is 18.9 Å². The number of hydrogen-bond donors (Lipinski definition) is 1. The van der Waals surface area contributed by atoms with E-state index in [4.69, 9.17) is 4.74 Å². The summed E-state index contributed by atoms with van der Waals surface area (Å²) in [5.41, 5.74) is 1.67. The van der Waals surface area contributed by atoms with E-state index in [1.165, 1.54) is 5.56 Å². The van der Waals surface area contributed by atoms with Crippen molar-refractivity contribution in [1.29, 1.82) is 0 Å². The van der Waals surface area contributed by atoms with Crippen molar-refractivity contribution in [2.75, 3.05) is 6.61 Å². The maximum absolute atomic E-state index is 11.9. The Kier molecular flexibility index (Phi) is 5.33. The molecule has 0 aliphatic rings. The van der Waals surface area contributed by atoms with E-state index < -0.39 is 12.1 Å². The second kappa shape index (κ2) is 7.46. The van der Waals surface area contributed by atoms with Gasteiger partial charge in [0.1, 0.15) is 6.10 Å². The third kappa shape index (κ3) is 4.21. The Labute approximate surface area is 118 Å². The average molecular weight is 270 g/mol. The molecule has 0 aliphatic carbocycles. The number of aliphatic hydroxyl groups excluding tert-OH is 1. The molecule has 0 aromatic heterocycles. The topological polar surface area (TPSA) is 46.5 Å². The lowest BCUT2D eigenvalue weighted by molar-refractivity contribution is 0.0116. The van der Waals surface area contributed by atoms with E-state index in [9.17, 15) is 9.90 Å². The molecule has 104 valence electrons. The first-order chi connectivity index (χ1) is 9.79. The fraction of sp³-hybridized carbons (Fsp3) is 0.235. The van der Waals surface area contributed by atoms with Gasteiger partial charge in [0.15, 0.2) is 0 Å². The number of esters is 1. The lowest BCUT2D eigenvalue weighted by Gasteiger charge is -2.15. The van der Waals surface area contributed by atoms with Crippen molar-refractivity contribution in [1.82, 2.24) is 0 Å². The van der Waals surface area contributed by atoms with Crippen molar-refractivity contribution in [3.05, 3.63) is 71.8 Å². The van der Waals surface area contributed by atoms with Gasteiger partial charge in [-0.15, -0.1) is 0 Å². The molecule has 0 saturated heterocycles. The Hall–Kier alpha value is -2.13. The van der Waals surface area contributed by atoms with Gasteiger partial charge in [-0.2, -0.15) is 0 Å². The van der Waals surface area contributed by atoms with Crippen LogP contribution in [0.5, 0.6) is 0 Å². The number of benzene rings is 2. The number of aliphatic hydroxyl groups is 1. The van der Waals surface area contributed by atoms with Gasteiger partial charge < -0.3 is 9.84 Å². The van der Waals surface area contributed by atoms with Crippen LogP contribution in [0.2, 0.25) is 0 Å². The summed E-state index contributed by atoms with van der Waals surface area (Å²) in [6.07, 6.45) is 0.913. The van der Waals surface area contributed by atoms with Crippen molar-refractivity contribution < 1.29 is 14.6 Å². The van der Waals surface area contributed by atoms with E-state index in [1.807, 2.05) is 36.4 Å². The number of hydrogen-bond acceptors (Lipinski definition) is 3. The molecule has 0 spiro atoms. The molecule has 0 saturated carbocycles. The molecule has 0 heterocycles. The van der Waals surface area contributed by atoms with Crippen molar-refractivity contribution in [3.8, 4) is 0 Å². The molecule has 3 heteroatoms. The molecule has 3 nitrogen and oxygen atoms in total. The fourth-order valence-electron chi connectivity index (χ4n) is 1.95. The first-order valence-corrected chi connectivity index (χ1v) is 6.70. The Bertz CT molecular complexity index is 522. The van der Waals surface area contributed by atoms with Crippen LogP contribution in [0.15, 0.2) is 60.7 Å². The number of rotatable bonds is 6. The quantitative estimate of drug-likeness (QED) is 0.821. The molecule has 1 atom stereocenters. The van der Waals surface area contributed by atoms with Crippen LogP contribution in [-0.2, 0) is 11.2 Å². The second-order valence-electron chi connectivity index (χ2n) is 4.60. The second-order valence-corrected chi connectivity index (χ2v) is 4.60. The van der Waals surface area contributed by atoms with Crippen molar-refractivity contribution >= 4 is 5.97 Å². The highest BCUT2D eigenvalue weighted by atomic mass is 16.6. The largest absolute Gasteiger partial charge is 0.456 e. The summed E-state index contributed by atoms with van der Waals surface area (Å²) in [6.45, 7) is -0.161. The summed E-state index contributed by atoms with van der Waals surface area (Å²) >= 11 is 0. The summed E-state index contributed by atoms with van der Waals surface area (Å²) in [5.74, 6) is -0.391. The molecule has 0 amide bonds. The summed E-state index contributed by atoms with van der Waals surface area (Å²) in [4.78, 5) is 11.9. The van der Waals surface area contributed by atoms with Gasteiger partial charge in [0.25, 0.3) is 0 Å². The molecule has 0 bridgehead atoms. The van der Waals surface area contributed by atoms with Crippen molar-refractivity contribution in [2.24, 2.45) is 0 Å². The van der Waals surface area contributed by atoms with E-state index in [1.54, 1.807) is 24.3 Å². The number of carbonyl (C=O) groups is 1. The molecule has 0 aliphatic heterocycles. The Balaban J connectivity index is 1.88. The number of ether oxygens (including phenoxy) is 1. The summed E-state index contributed by atoms with van der Waals surface area (Å²) < 4.78 is 5.32. The van der Waals surface area contributed by atoms with Crippen LogP contribution in [0, 0.1) is 0 Å². The maximum atomic E-state index is 11.9. The minimum Gasteiger partial charge on any atom is -0.456 e. The van der Waals surface area contributed by atoms with Crippen LogP contribution in [0.1, 0.15) is 22.3 Å². The fourth-order valence-corrected chi connectivity index (χ4v) is 1.95. The smallest absolute Gasteiger partial charge is 0.338 e. The molecule has 2 rings (SSSR count). The highest BCUT2D eigenvalue weighted by Gasteiger charge is 2.14. The normalized spacial score (nSPS) is 11.8. The van der Waals surface area contributed by atoms with Crippen LogP contribution in [-0.4, -0.2) is 23.8 Å². The predicted octanol–water partition coefficient (Wildman–Crippen LogP) is 2.84. The summed E-state index contributed by atoms with van der Waals surface area (Å²) in [5, 5.41) is 9.32. The molecule has 0 unspecified atom stereocenters. The van der Waals surface area contributed by atoms with Crippen molar-refractivity contribution in [3.63, 3.8) is 0 Å². The highest BCUT2D eigenvalue weighted by molar-refractivity contribution is 5.89. The molecule has 2 aromatic carbocycles. The van der Waals surface area contributed by atoms with Crippen LogP contribution in [0.3, 0.4) is 0 Å². The van der Waals surface area contributed by atoms with E-state index in [-0.39, 0.29) is 6.61 Å². The molecule has 0 radical (unpaired) electrons. The minimum atomic E-state index is -0.470. The summed E-state index contributed by atoms with van der Waals surface area (Å²) in [7, 11) is 0. The van der Waals surface area contributed by atoms with Gasteiger partial charge in [-0.1, -0.05) is 48.5 Å². The van der Waals surface area contributed by atoms with Gasteiger partial charge in [-0.25, -0.2) is 4.79 Å².